The molecule has 0 atom stereocenters. The van der Waals surface area contributed by atoms with Crippen LogP contribution in [0.5, 0.6) is 0 Å². The van der Waals surface area contributed by atoms with Gasteiger partial charge in [0.25, 0.3) is 0 Å². The van der Waals surface area contributed by atoms with Gasteiger partial charge in [-0.05, 0) is 20.8 Å². The van der Waals surface area contributed by atoms with Crippen molar-refractivity contribution in [2.24, 2.45) is 11.1 Å². The van der Waals surface area contributed by atoms with Gasteiger partial charge in [-0.1, -0.05) is 5.92 Å². The van der Waals surface area contributed by atoms with Crippen LogP contribution in [0.15, 0.2) is 0 Å². The van der Waals surface area contributed by atoms with Crippen LogP contribution in [0.2, 0.25) is 0 Å². The Balaban J connectivity index is 3.74. The lowest BCUT2D eigenvalue weighted by atomic mass is 9.93. The lowest BCUT2D eigenvalue weighted by Crippen LogP contribution is -2.40. The quantitative estimate of drug-likeness (QED) is 0.462. The first kappa shape index (κ1) is 11.0. The van der Waals surface area contributed by atoms with Gasteiger partial charge in [0.05, 0.1) is 12.0 Å². The summed E-state index contributed by atoms with van der Waals surface area (Å²) in [4.78, 5) is 10.8. The minimum Gasteiger partial charge on any atom is -0.369 e. The van der Waals surface area contributed by atoms with Crippen molar-refractivity contribution >= 4 is 5.91 Å². The summed E-state index contributed by atoms with van der Waals surface area (Å²) in [6.45, 7) is 6.56. The molecule has 0 aromatic rings. The van der Waals surface area contributed by atoms with Gasteiger partial charge in [0.2, 0.25) is 5.91 Å². The third kappa shape index (κ3) is 3.99. The molecule has 68 valence electrons. The molecule has 0 rings (SSSR count). The average Bonchev–Trinajstić information content (AvgIpc) is 1.98. The van der Waals surface area contributed by atoms with Crippen LogP contribution in [-0.2, 0) is 4.79 Å². The maximum absolute atomic E-state index is 10.8. The number of carbonyl (C=O) groups excluding carboxylic acids is 1. The number of nitrogens with two attached hydrogens (primary N) is 1. The summed E-state index contributed by atoms with van der Waals surface area (Å²) in [7, 11) is 0. The van der Waals surface area contributed by atoms with Crippen molar-refractivity contribution in [1.29, 1.82) is 0 Å². The van der Waals surface area contributed by atoms with Crippen LogP contribution in [0.3, 0.4) is 0 Å². The summed E-state index contributed by atoms with van der Waals surface area (Å²) in [5.74, 6) is 5.31. The molecular weight excluding hydrogens is 152 g/mol. The molecule has 12 heavy (non-hydrogen) atoms. The molecule has 3 nitrogen and oxygen atoms in total. The second-order valence-corrected chi connectivity index (χ2v) is 3.28. The van der Waals surface area contributed by atoms with E-state index in [1.807, 2.05) is 13.8 Å². The Morgan fingerprint density at radius 2 is 2.17 bits per heavy atom. The predicted octanol–water partition coefficient (Wildman–Crippen LogP) is 0.111. The fourth-order valence-corrected chi connectivity index (χ4v) is 0.613. The Morgan fingerprint density at radius 3 is 2.58 bits per heavy atom. The number of amides is 1. The van der Waals surface area contributed by atoms with Gasteiger partial charge in [-0.25, -0.2) is 0 Å². The van der Waals surface area contributed by atoms with Gasteiger partial charge in [-0.15, -0.1) is 5.92 Å². The van der Waals surface area contributed by atoms with Crippen molar-refractivity contribution in [2.75, 3.05) is 13.1 Å². The summed E-state index contributed by atoms with van der Waals surface area (Å²) in [6.07, 6.45) is 0. The van der Waals surface area contributed by atoms with Crippen LogP contribution in [-0.4, -0.2) is 19.0 Å². The predicted molar refractivity (Wildman–Crippen MR) is 49.3 cm³/mol. The zero-order valence-electron chi connectivity index (χ0n) is 7.90. The third-order valence-electron chi connectivity index (χ3n) is 1.62. The molecule has 0 saturated carbocycles. The standard InChI is InChI=1S/C9H16N2O/c1-4-5-6-11-7-9(2,3)8(10)12/h11H,6-7H2,1-3H3,(H2,10,12). The first-order chi connectivity index (χ1) is 5.50. The van der Waals surface area contributed by atoms with E-state index in [-0.39, 0.29) is 5.91 Å². The first-order valence-corrected chi connectivity index (χ1v) is 3.91. The van der Waals surface area contributed by atoms with Crippen LogP contribution >= 0.6 is 0 Å². The van der Waals surface area contributed by atoms with E-state index in [0.717, 1.165) is 0 Å². The smallest absolute Gasteiger partial charge is 0.224 e. The molecule has 0 radical (unpaired) electrons. The van der Waals surface area contributed by atoms with Crippen LogP contribution in [0.1, 0.15) is 20.8 Å². The van der Waals surface area contributed by atoms with E-state index >= 15 is 0 Å². The fraction of sp³-hybridized carbons (Fsp3) is 0.667. The van der Waals surface area contributed by atoms with E-state index in [9.17, 15) is 4.79 Å². The van der Waals surface area contributed by atoms with Gasteiger partial charge in [0.1, 0.15) is 0 Å². The van der Waals surface area contributed by atoms with E-state index in [2.05, 4.69) is 17.2 Å². The van der Waals surface area contributed by atoms with E-state index in [1.165, 1.54) is 0 Å². The maximum Gasteiger partial charge on any atom is 0.224 e. The van der Waals surface area contributed by atoms with Crippen LogP contribution in [0.4, 0.5) is 0 Å². The molecule has 0 saturated heterocycles. The Morgan fingerprint density at radius 1 is 1.58 bits per heavy atom. The summed E-state index contributed by atoms with van der Waals surface area (Å²) < 4.78 is 0. The number of primary amides is 1. The fourth-order valence-electron chi connectivity index (χ4n) is 0.613. The minimum atomic E-state index is -0.491. The highest BCUT2D eigenvalue weighted by Crippen LogP contribution is 2.11. The number of nitrogens with one attached hydrogen (secondary N) is 1. The van der Waals surface area contributed by atoms with Crippen molar-refractivity contribution in [3.8, 4) is 11.8 Å². The first-order valence-electron chi connectivity index (χ1n) is 3.91. The summed E-state index contributed by atoms with van der Waals surface area (Å²) in [6, 6.07) is 0. The summed E-state index contributed by atoms with van der Waals surface area (Å²) in [5, 5.41) is 3.03. The summed E-state index contributed by atoms with van der Waals surface area (Å²) >= 11 is 0. The molecule has 0 fully saturated rings. The minimum absolute atomic E-state index is 0.292. The molecular formula is C9H16N2O. The molecule has 1 amide bonds. The molecule has 0 aromatic heterocycles. The van der Waals surface area contributed by atoms with Crippen molar-refractivity contribution in [2.45, 2.75) is 20.8 Å². The highest BCUT2D eigenvalue weighted by molar-refractivity contribution is 5.80. The number of hydrogen-bond acceptors (Lipinski definition) is 2. The van der Waals surface area contributed by atoms with Crippen molar-refractivity contribution < 1.29 is 4.79 Å². The number of hydrogen-bond donors (Lipinski definition) is 2. The molecule has 3 heteroatoms. The molecule has 0 unspecified atom stereocenters. The maximum atomic E-state index is 10.8. The Labute approximate surface area is 73.7 Å². The molecule has 0 aliphatic carbocycles. The molecule has 0 aliphatic heterocycles. The van der Waals surface area contributed by atoms with E-state index < -0.39 is 5.41 Å². The molecule has 0 bridgehead atoms. The molecule has 0 heterocycles. The highest BCUT2D eigenvalue weighted by atomic mass is 16.1. The number of carbonyl (C=O) groups is 1. The van der Waals surface area contributed by atoms with Crippen LogP contribution in [0.25, 0.3) is 0 Å². The second-order valence-electron chi connectivity index (χ2n) is 3.28. The van der Waals surface area contributed by atoms with Crippen molar-refractivity contribution in [3.05, 3.63) is 0 Å². The van der Waals surface area contributed by atoms with Gasteiger partial charge in [0, 0.05) is 6.54 Å². The third-order valence-corrected chi connectivity index (χ3v) is 1.62. The molecule has 3 N–H and O–H groups in total. The lowest BCUT2D eigenvalue weighted by molar-refractivity contribution is -0.125. The Bertz CT molecular complexity index is 210. The zero-order valence-corrected chi connectivity index (χ0v) is 7.90. The molecule has 0 aliphatic rings. The van der Waals surface area contributed by atoms with Gasteiger partial charge >= 0.3 is 0 Å². The average molecular weight is 168 g/mol. The number of rotatable bonds is 4. The van der Waals surface area contributed by atoms with Crippen LogP contribution in [0, 0.1) is 17.3 Å². The second kappa shape index (κ2) is 4.78. The topological polar surface area (TPSA) is 55.1 Å². The van der Waals surface area contributed by atoms with Gasteiger partial charge in [-0.2, -0.15) is 0 Å². The van der Waals surface area contributed by atoms with E-state index in [4.69, 9.17) is 5.73 Å². The largest absolute Gasteiger partial charge is 0.369 e. The van der Waals surface area contributed by atoms with Crippen molar-refractivity contribution in [3.63, 3.8) is 0 Å². The van der Waals surface area contributed by atoms with Crippen LogP contribution < -0.4 is 11.1 Å². The molecule has 0 aromatic carbocycles. The highest BCUT2D eigenvalue weighted by Gasteiger charge is 2.23. The monoisotopic (exact) mass is 168 g/mol. The summed E-state index contributed by atoms with van der Waals surface area (Å²) in [5.41, 5.74) is 4.68. The van der Waals surface area contributed by atoms with E-state index in [1.54, 1.807) is 6.92 Å². The Hall–Kier alpha value is -1.01. The SMILES string of the molecule is CC#CCNCC(C)(C)C(N)=O. The van der Waals surface area contributed by atoms with E-state index in [0.29, 0.717) is 13.1 Å². The van der Waals surface area contributed by atoms with Gasteiger partial charge < -0.3 is 11.1 Å². The van der Waals surface area contributed by atoms with Gasteiger partial charge in [-0.3, -0.25) is 4.79 Å². The van der Waals surface area contributed by atoms with Gasteiger partial charge in [0.15, 0.2) is 0 Å². The zero-order chi connectivity index (χ0) is 9.61. The Kier molecular flexibility index (Phi) is 4.38. The lowest BCUT2D eigenvalue weighted by Gasteiger charge is -2.19. The van der Waals surface area contributed by atoms with Crippen molar-refractivity contribution in [1.82, 2.24) is 5.32 Å². The normalized spacial score (nSPS) is 10.2. The molecule has 0 spiro atoms.